The lowest BCUT2D eigenvalue weighted by Gasteiger charge is -2.15. The van der Waals surface area contributed by atoms with E-state index < -0.39 is 5.97 Å². The van der Waals surface area contributed by atoms with Gasteiger partial charge in [0.1, 0.15) is 0 Å². The van der Waals surface area contributed by atoms with Gasteiger partial charge < -0.3 is 14.4 Å². The van der Waals surface area contributed by atoms with Crippen LogP contribution in [0.1, 0.15) is 23.2 Å². The highest BCUT2D eigenvalue weighted by molar-refractivity contribution is 5.87. The molecule has 4 nitrogen and oxygen atoms in total. The molecule has 1 fully saturated rings. The largest absolute Gasteiger partial charge is 0.478 e. The number of carbonyl (C=O) groups is 1. The second-order valence-electron chi connectivity index (χ2n) is 3.77. The summed E-state index contributed by atoms with van der Waals surface area (Å²) in [6.45, 7) is 0.654. The maximum atomic E-state index is 10.7. The second-order valence-corrected chi connectivity index (χ2v) is 3.77. The maximum absolute atomic E-state index is 10.7. The van der Waals surface area contributed by atoms with Crippen LogP contribution in [-0.4, -0.2) is 29.4 Å². The van der Waals surface area contributed by atoms with Crippen molar-refractivity contribution in [2.75, 3.05) is 13.7 Å². The smallest absolute Gasteiger partial charge is 0.337 e. The van der Waals surface area contributed by atoms with Gasteiger partial charge in [0.2, 0.25) is 0 Å². The SMILES string of the molecule is COCC1(n2ccc(C(=O)O)c2)CC1. The van der Waals surface area contributed by atoms with Gasteiger partial charge in [-0.25, -0.2) is 4.79 Å². The average Bonchev–Trinajstić information content (AvgIpc) is 2.77. The molecule has 1 aromatic rings. The molecule has 0 saturated heterocycles. The van der Waals surface area contributed by atoms with Gasteiger partial charge in [-0.3, -0.25) is 0 Å². The lowest BCUT2D eigenvalue weighted by molar-refractivity contribution is 0.0696. The highest BCUT2D eigenvalue weighted by Gasteiger charge is 2.44. The highest BCUT2D eigenvalue weighted by Crippen LogP contribution is 2.43. The van der Waals surface area contributed by atoms with Crippen molar-refractivity contribution in [2.24, 2.45) is 0 Å². The Bertz CT molecular complexity index is 352. The van der Waals surface area contributed by atoms with Crippen molar-refractivity contribution >= 4 is 5.97 Å². The Morgan fingerprint density at radius 3 is 2.86 bits per heavy atom. The normalized spacial score (nSPS) is 18.1. The quantitative estimate of drug-likeness (QED) is 0.788. The number of aromatic carboxylic acids is 1. The predicted molar refractivity (Wildman–Crippen MR) is 50.5 cm³/mol. The zero-order valence-corrected chi connectivity index (χ0v) is 8.06. The zero-order valence-electron chi connectivity index (χ0n) is 8.06. The standard InChI is InChI=1S/C10H13NO3/c1-14-7-10(3-4-10)11-5-2-8(6-11)9(12)13/h2,5-6H,3-4,7H2,1H3,(H,12,13). The lowest BCUT2D eigenvalue weighted by Crippen LogP contribution is -2.21. The minimum Gasteiger partial charge on any atom is -0.478 e. The third kappa shape index (κ3) is 1.42. The van der Waals surface area contributed by atoms with Crippen LogP contribution >= 0.6 is 0 Å². The van der Waals surface area contributed by atoms with Gasteiger partial charge in [-0.2, -0.15) is 0 Å². The number of methoxy groups -OCH3 is 1. The molecule has 1 aliphatic carbocycles. The average molecular weight is 195 g/mol. The number of carboxylic acid groups (broad SMARTS) is 1. The van der Waals surface area contributed by atoms with E-state index >= 15 is 0 Å². The molecule has 1 saturated carbocycles. The number of rotatable bonds is 4. The fourth-order valence-electron chi connectivity index (χ4n) is 1.71. The number of hydrogen-bond donors (Lipinski definition) is 1. The molecule has 0 atom stereocenters. The summed E-state index contributed by atoms with van der Waals surface area (Å²) in [4.78, 5) is 10.7. The number of hydrogen-bond acceptors (Lipinski definition) is 2. The first-order valence-electron chi connectivity index (χ1n) is 4.59. The van der Waals surface area contributed by atoms with Crippen molar-refractivity contribution in [3.8, 4) is 0 Å². The molecule has 1 heterocycles. The van der Waals surface area contributed by atoms with Gasteiger partial charge in [-0.05, 0) is 18.9 Å². The first-order valence-corrected chi connectivity index (χ1v) is 4.59. The highest BCUT2D eigenvalue weighted by atomic mass is 16.5. The van der Waals surface area contributed by atoms with Crippen molar-refractivity contribution < 1.29 is 14.6 Å². The van der Waals surface area contributed by atoms with Gasteiger partial charge >= 0.3 is 5.97 Å². The Hall–Kier alpha value is -1.29. The van der Waals surface area contributed by atoms with E-state index in [4.69, 9.17) is 9.84 Å². The van der Waals surface area contributed by atoms with E-state index in [1.54, 1.807) is 19.4 Å². The molecule has 0 unspecified atom stereocenters. The van der Waals surface area contributed by atoms with Crippen LogP contribution in [0.25, 0.3) is 0 Å². The van der Waals surface area contributed by atoms with Crippen molar-refractivity contribution in [3.63, 3.8) is 0 Å². The first-order chi connectivity index (χ1) is 6.68. The van der Waals surface area contributed by atoms with Crippen molar-refractivity contribution in [2.45, 2.75) is 18.4 Å². The Labute approximate surface area is 82.1 Å². The molecule has 76 valence electrons. The van der Waals surface area contributed by atoms with Crippen LogP contribution in [0.15, 0.2) is 18.5 Å². The van der Waals surface area contributed by atoms with E-state index in [0.29, 0.717) is 12.2 Å². The van der Waals surface area contributed by atoms with Gasteiger partial charge in [-0.15, -0.1) is 0 Å². The number of nitrogens with zero attached hydrogens (tertiary/aromatic N) is 1. The Morgan fingerprint density at radius 1 is 1.71 bits per heavy atom. The van der Waals surface area contributed by atoms with Crippen LogP contribution < -0.4 is 0 Å². The van der Waals surface area contributed by atoms with E-state index in [9.17, 15) is 4.79 Å². The molecular weight excluding hydrogens is 182 g/mol. The van der Waals surface area contributed by atoms with E-state index in [0.717, 1.165) is 12.8 Å². The van der Waals surface area contributed by atoms with Crippen molar-refractivity contribution in [1.82, 2.24) is 4.57 Å². The van der Waals surface area contributed by atoms with Crippen LogP contribution in [0.4, 0.5) is 0 Å². The summed E-state index contributed by atoms with van der Waals surface area (Å²) in [6.07, 6.45) is 5.62. The van der Waals surface area contributed by atoms with Crippen LogP contribution in [0.3, 0.4) is 0 Å². The molecule has 0 aliphatic heterocycles. The summed E-state index contributed by atoms with van der Waals surface area (Å²) < 4.78 is 7.08. The molecule has 14 heavy (non-hydrogen) atoms. The molecule has 4 heteroatoms. The van der Waals surface area contributed by atoms with Crippen LogP contribution in [0, 0.1) is 0 Å². The Kier molecular flexibility index (Phi) is 2.07. The fourth-order valence-corrected chi connectivity index (χ4v) is 1.71. The molecule has 0 radical (unpaired) electrons. The van der Waals surface area contributed by atoms with Crippen molar-refractivity contribution in [3.05, 3.63) is 24.0 Å². The minimum atomic E-state index is -0.878. The van der Waals surface area contributed by atoms with E-state index in [-0.39, 0.29) is 5.54 Å². The molecule has 0 amide bonds. The summed E-state index contributed by atoms with van der Waals surface area (Å²) in [5.41, 5.74) is 0.370. The number of carboxylic acids is 1. The molecule has 0 bridgehead atoms. The molecule has 1 aromatic heterocycles. The first kappa shape index (κ1) is 9.27. The molecule has 2 rings (SSSR count). The Balaban J connectivity index is 2.20. The molecule has 0 spiro atoms. The summed E-state index contributed by atoms with van der Waals surface area (Å²) in [5, 5.41) is 8.77. The molecule has 0 aromatic carbocycles. The Morgan fingerprint density at radius 2 is 2.43 bits per heavy atom. The monoisotopic (exact) mass is 195 g/mol. The summed E-state index contributed by atoms with van der Waals surface area (Å²) in [7, 11) is 1.67. The fraction of sp³-hybridized carbons (Fsp3) is 0.500. The van der Waals surface area contributed by atoms with Crippen LogP contribution in [0.5, 0.6) is 0 Å². The van der Waals surface area contributed by atoms with E-state index in [1.807, 2.05) is 10.8 Å². The van der Waals surface area contributed by atoms with Crippen LogP contribution in [-0.2, 0) is 10.3 Å². The third-order valence-electron chi connectivity index (χ3n) is 2.73. The van der Waals surface area contributed by atoms with Gasteiger partial charge in [0.05, 0.1) is 17.7 Å². The predicted octanol–water partition coefficient (Wildman–Crippen LogP) is 1.32. The van der Waals surface area contributed by atoms with E-state index in [2.05, 4.69) is 0 Å². The van der Waals surface area contributed by atoms with E-state index in [1.165, 1.54) is 0 Å². The number of ether oxygens (including phenoxy) is 1. The topological polar surface area (TPSA) is 51.5 Å². The maximum Gasteiger partial charge on any atom is 0.337 e. The van der Waals surface area contributed by atoms with Crippen LogP contribution in [0.2, 0.25) is 0 Å². The number of aromatic nitrogens is 1. The van der Waals surface area contributed by atoms with Gasteiger partial charge in [0, 0.05) is 19.5 Å². The minimum absolute atomic E-state index is 0.0302. The van der Waals surface area contributed by atoms with Gasteiger partial charge in [0.15, 0.2) is 0 Å². The summed E-state index contributed by atoms with van der Waals surface area (Å²) in [6, 6.07) is 1.62. The summed E-state index contributed by atoms with van der Waals surface area (Å²) >= 11 is 0. The second kappa shape index (κ2) is 3.13. The molecule has 1 aliphatic rings. The van der Waals surface area contributed by atoms with Crippen molar-refractivity contribution in [1.29, 1.82) is 0 Å². The third-order valence-corrected chi connectivity index (χ3v) is 2.73. The van der Waals surface area contributed by atoms with Gasteiger partial charge in [-0.1, -0.05) is 0 Å². The lowest BCUT2D eigenvalue weighted by atomic mass is 10.3. The molecular formula is C10H13NO3. The van der Waals surface area contributed by atoms with Gasteiger partial charge in [0.25, 0.3) is 0 Å². The summed E-state index contributed by atoms with van der Waals surface area (Å²) in [5.74, 6) is -0.878. The zero-order chi connectivity index (χ0) is 10.2. The molecule has 1 N–H and O–H groups in total.